The number of rotatable bonds is 7. The van der Waals surface area contributed by atoms with Crippen LogP contribution in [0, 0.1) is 0 Å². The minimum atomic E-state index is -0.144. The van der Waals surface area contributed by atoms with Gasteiger partial charge in [0.2, 0.25) is 12.7 Å². The third-order valence-electron chi connectivity index (χ3n) is 5.63. The second-order valence-corrected chi connectivity index (χ2v) is 9.72. The van der Waals surface area contributed by atoms with Crippen molar-refractivity contribution in [2.75, 3.05) is 18.7 Å². The Bertz CT molecular complexity index is 1310. The molecule has 3 aromatic carbocycles. The molecule has 3 aromatic rings. The first-order valence-electron chi connectivity index (χ1n) is 11.2. The van der Waals surface area contributed by atoms with Crippen LogP contribution in [0.15, 0.2) is 77.7 Å². The van der Waals surface area contributed by atoms with Crippen molar-refractivity contribution in [3.63, 3.8) is 0 Å². The van der Waals surface area contributed by atoms with Gasteiger partial charge in [-0.3, -0.25) is 14.5 Å². The second-order valence-electron chi connectivity index (χ2n) is 8.04. The maximum Gasteiger partial charge on any atom is 0.266 e. The summed E-state index contributed by atoms with van der Waals surface area (Å²) >= 11 is 6.68. The highest BCUT2D eigenvalue weighted by Crippen LogP contribution is 2.36. The number of thiocarbonyl (C=S) groups is 1. The number of fused-ring (bicyclic) bond motifs is 1. The molecule has 2 heterocycles. The molecule has 1 saturated heterocycles. The number of amides is 2. The van der Waals surface area contributed by atoms with Gasteiger partial charge >= 0.3 is 0 Å². The molecule has 0 spiro atoms. The summed E-state index contributed by atoms with van der Waals surface area (Å²) in [5, 5.41) is 2.92. The summed E-state index contributed by atoms with van der Waals surface area (Å²) in [6.45, 7) is 0.594. The number of nitrogens with zero attached hydrogens (tertiary/aromatic N) is 1. The van der Waals surface area contributed by atoms with Crippen molar-refractivity contribution in [2.45, 2.75) is 12.8 Å². The molecule has 0 atom stereocenters. The number of carbonyl (C=O) groups excluding carboxylic acids is 2. The number of carbonyl (C=O) groups is 2. The van der Waals surface area contributed by atoms with Gasteiger partial charge in [-0.1, -0.05) is 72.5 Å². The fraction of sp³-hybridized carbons (Fsp3) is 0.148. The normalized spacial score (nSPS) is 15.7. The minimum absolute atomic E-state index is 0.0983. The largest absolute Gasteiger partial charge is 0.454 e. The van der Waals surface area contributed by atoms with Gasteiger partial charge in [-0.25, -0.2) is 0 Å². The maximum absolute atomic E-state index is 12.9. The summed E-state index contributed by atoms with van der Waals surface area (Å²) in [5.41, 5.74) is 3.80. The van der Waals surface area contributed by atoms with Crippen LogP contribution < -0.4 is 14.8 Å². The van der Waals surface area contributed by atoms with Crippen LogP contribution in [0.2, 0.25) is 0 Å². The van der Waals surface area contributed by atoms with Crippen LogP contribution in [-0.4, -0.2) is 34.4 Å². The predicted molar refractivity (Wildman–Crippen MR) is 142 cm³/mol. The number of hydrogen-bond acceptors (Lipinski definition) is 6. The zero-order chi connectivity index (χ0) is 24.2. The van der Waals surface area contributed by atoms with Gasteiger partial charge in [0.1, 0.15) is 4.32 Å². The van der Waals surface area contributed by atoms with Crippen LogP contribution in [0.4, 0.5) is 5.69 Å². The maximum atomic E-state index is 12.9. The smallest absolute Gasteiger partial charge is 0.266 e. The van der Waals surface area contributed by atoms with E-state index in [1.807, 2.05) is 72.8 Å². The average Bonchev–Trinajstić information content (AvgIpc) is 3.44. The van der Waals surface area contributed by atoms with Gasteiger partial charge in [0.15, 0.2) is 11.5 Å². The third-order valence-corrected chi connectivity index (χ3v) is 7.01. The van der Waals surface area contributed by atoms with Crippen molar-refractivity contribution in [2.24, 2.45) is 0 Å². The Balaban J connectivity index is 1.12. The van der Waals surface area contributed by atoms with Gasteiger partial charge in [0.05, 0.1) is 4.91 Å². The Morgan fingerprint density at radius 2 is 1.74 bits per heavy atom. The molecule has 5 rings (SSSR count). The Hall–Kier alpha value is -3.62. The lowest BCUT2D eigenvalue weighted by Crippen LogP contribution is -2.29. The van der Waals surface area contributed by atoms with Crippen molar-refractivity contribution < 1.29 is 19.1 Å². The lowest BCUT2D eigenvalue weighted by Gasteiger charge is -2.14. The van der Waals surface area contributed by atoms with Gasteiger partial charge in [0.25, 0.3) is 5.91 Å². The molecule has 0 unspecified atom stereocenters. The molecule has 35 heavy (non-hydrogen) atoms. The Labute approximate surface area is 212 Å². The summed E-state index contributed by atoms with van der Waals surface area (Å²) in [7, 11) is 0. The van der Waals surface area contributed by atoms with Gasteiger partial charge in [-0.05, 0) is 53.5 Å². The Morgan fingerprint density at radius 3 is 2.54 bits per heavy atom. The number of nitrogens with one attached hydrogen (secondary N) is 1. The third kappa shape index (κ3) is 5.39. The Morgan fingerprint density at radius 1 is 1.00 bits per heavy atom. The SMILES string of the molecule is O=C(CCCN1C(=O)C(=Cc2ccc3c(c2)OCO3)SC1=S)Nc1ccc(-c2ccccc2)cc1. The molecular formula is C27H22N2O4S2. The van der Waals surface area contributed by atoms with Crippen LogP contribution >= 0.6 is 24.0 Å². The molecule has 0 aliphatic carbocycles. The van der Waals surface area contributed by atoms with E-state index in [4.69, 9.17) is 21.7 Å². The van der Waals surface area contributed by atoms with E-state index in [1.165, 1.54) is 11.8 Å². The summed E-state index contributed by atoms with van der Waals surface area (Å²) in [6.07, 6.45) is 2.60. The quantitative estimate of drug-likeness (QED) is 0.330. The average molecular weight is 503 g/mol. The zero-order valence-electron chi connectivity index (χ0n) is 18.7. The van der Waals surface area contributed by atoms with E-state index in [1.54, 1.807) is 11.0 Å². The standard InChI is InChI=1S/C27H22N2O4S2/c30-25(28-21-11-9-20(10-12-21)19-5-2-1-3-6-19)7-4-14-29-26(31)24(35-27(29)34)16-18-8-13-22-23(15-18)33-17-32-22/h1-3,5-6,8-13,15-16H,4,7,14,17H2,(H,28,30). The molecule has 0 radical (unpaired) electrons. The monoisotopic (exact) mass is 502 g/mol. The second kappa shape index (κ2) is 10.3. The minimum Gasteiger partial charge on any atom is -0.454 e. The lowest BCUT2D eigenvalue weighted by molar-refractivity contribution is -0.122. The fourth-order valence-corrected chi connectivity index (χ4v) is 5.15. The molecule has 1 fully saturated rings. The first kappa shape index (κ1) is 23.1. The highest BCUT2D eigenvalue weighted by molar-refractivity contribution is 8.26. The van der Waals surface area contributed by atoms with Crippen molar-refractivity contribution in [3.8, 4) is 22.6 Å². The molecule has 6 nitrogen and oxygen atoms in total. The van der Waals surface area contributed by atoms with Gasteiger partial charge in [-0.15, -0.1) is 0 Å². The Kier molecular flexibility index (Phi) is 6.83. The van der Waals surface area contributed by atoms with Crippen LogP contribution in [0.1, 0.15) is 18.4 Å². The van der Waals surface area contributed by atoms with Crippen LogP contribution in [0.5, 0.6) is 11.5 Å². The van der Waals surface area contributed by atoms with Gasteiger partial charge in [-0.2, -0.15) is 0 Å². The number of hydrogen-bond donors (Lipinski definition) is 1. The predicted octanol–water partition coefficient (Wildman–Crippen LogP) is 5.70. The first-order valence-corrected chi connectivity index (χ1v) is 12.4. The van der Waals surface area contributed by atoms with Crippen molar-refractivity contribution in [1.82, 2.24) is 4.90 Å². The summed E-state index contributed by atoms with van der Waals surface area (Å²) in [5.74, 6) is 1.11. The van der Waals surface area contributed by atoms with Crippen molar-refractivity contribution >= 4 is 51.9 Å². The highest BCUT2D eigenvalue weighted by atomic mass is 32.2. The van der Waals surface area contributed by atoms with E-state index in [0.717, 1.165) is 22.4 Å². The van der Waals surface area contributed by atoms with E-state index < -0.39 is 0 Å². The van der Waals surface area contributed by atoms with Gasteiger partial charge < -0.3 is 14.8 Å². The van der Waals surface area contributed by atoms with E-state index in [0.29, 0.717) is 40.1 Å². The van der Waals surface area contributed by atoms with E-state index in [-0.39, 0.29) is 18.6 Å². The number of benzene rings is 3. The zero-order valence-corrected chi connectivity index (χ0v) is 20.4. The molecule has 176 valence electrons. The fourth-order valence-electron chi connectivity index (χ4n) is 3.84. The molecule has 1 N–H and O–H groups in total. The van der Waals surface area contributed by atoms with Crippen molar-refractivity contribution in [1.29, 1.82) is 0 Å². The molecule has 2 amide bonds. The van der Waals surface area contributed by atoms with Crippen molar-refractivity contribution in [3.05, 3.63) is 83.3 Å². The number of thioether (sulfide) groups is 1. The lowest BCUT2D eigenvalue weighted by atomic mass is 10.1. The summed E-state index contributed by atoms with van der Waals surface area (Å²) < 4.78 is 11.2. The first-order chi connectivity index (χ1) is 17.1. The summed E-state index contributed by atoms with van der Waals surface area (Å²) in [4.78, 5) is 27.4. The van der Waals surface area contributed by atoms with E-state index in [9.17, 15) is 9.59 Å². The van der Waals surface area contributed by atoms with Gasteiger partial charge in [0, 0.05) is 18.7 Å². The number of ether oxygens (including phenoxy) is 2. The molecular weight excluding hydrogens is 480 g/mol. The molecule has 2 aliphatic heterocycles. The van der Waals surface area contributed by atoms with Crippen LogP contribution in [0.3, 0.4) is 0 Å². The molecule has 8 heteroatoms. The van der Waals surface area contributed by atoms with E-state index in [2.05, 4.69) is 5.32 Å². The molecule has 0 bridgehead atoms. The topological polar surface area (TPSA) is 67.9 Å². The van der Waals surface area contributed by atoms with Crippen LogP contribution in [-0.2, 0) is 9.59 Å². The van der Waals surface area contributed by atoms with E-state index >= 15 is 0 Å². The number of anilines is 1. The molecule has 2 aliphatic rings. The summed E-state index contributed by atoms with van der Waals surface area (Å²) in [6, 6.07) is 23.4. The van der Waals surface area contributed by atoms with Crippen LogP contribution in [0.25, 0.3) is 17.2 Å². The molecule has 0 saturated carbocycles. The molecule has 0 aromatic heterocycles. The highest BCUT2D eigenvalue weighted by Gasteiger charge is 2.31.